The first kappa shape index (κ1) is 12.9. The normalized spacial score (nSPS) is 27.2. The van der Waals surface area contributed by atoms with Crippen molar-refractivity contribution in [2.75, 3.05) is 0 Å². The van der Waals surface area contributed by atoms with Crippen molar-refractivity contribution in [3.63, 3.8) is 0 Å². The molecule has 3 heteroatoms. The fourth-order valence-electron chi connectivity index (χ4n) is 2.81. The number of cyclic esters (lactones) is 1. The summed E-state index contributed by atoms with van der Waals surface area (Å²) >= 11 is 0. The van der Waals surface area contributed by atoms with E-state index in [4.69, 9.17) is 4.74 Å². The van der Waals surface area contributed by atoms with Crippen LogP contribution in [0.15, 0.2) is 48.6 Å². The molecule has 1 aliphatic carbocycles. The molecule has 0 saturated carbocycles. The van der Waals surface area contributed by atoms with Gasteiger partial charge in [0.1, 0.15) is 11.9 Å². The second-order valence-electron chi connectivity index (χ2n) is 5.31. The smallest absolute Gasteiger partial charge is 0.339 e. The second-order valence-corrected chi connectivity index (χ2v) is 5.31. The van der Waals surface area contributed by atoms with Gasteiger partial charge in [-0.05, 0) is 12.0 Å². The van der Waals surface area contributed by atoms with E-state index in [1.54, 1.807) is 12.1 Å². The van der Waals surface area contributed by atoms with Crippen LogP contribution in [0.5, 0.6) is 0 Å². The van der Waals surface area contributed by atoms with Crippen LogP contribution in [0.1, 0.15) is 35.4 Å². The second kappa shape index (κ2) is 5.08. The summed E-state index contributed by atoms with van der Waals surface area (Å²) < 4.78 is 5.33. The number of benzene rings is 1. The summed E-state index contributed by atoms with van der Waals surface area (Å²) in [6, 6.07) is 7.28. The highest BCUT2D eigenvalue weighted by molar-refractivity contribution is 5.95. The highest BCUT2D eigenvalue weighted by atomic mass is 16.5. The standard InChI is InChI=1S/C17H16O3/c1-11-6-2-3-7-12(11)15(18)10-16-13-8-4-5-9-14(13)17(19)20-16/h2-9,11-12,16H,10H2,1H3. The third-order valence-electron chi connectivity index (χ3n) is 3.95. The SMILES string of the molecule is CC1C=CC=CC1C(=O)CC1OC(=O)c2ccccc21. The van der Waals surface area contributed by atoms with Crippen molar-refractivity contribution in [1.29, 1.82) is 0 Å². The molecule has 102 valence electrons. The molecule has 0 fully saturated rings. The minimum atomic E-state index is -0.433. The maximum atomic E-state index is 12.4. The van der Waals surface area contributed by atoms with E-state index in [2.05, 4.69) is 0 Å². The van der Waals surface area contributed by atoms with E-state index in [-0.39, 0.29) is 30.0 Å². The highest BCUT2D eigenvalue weighted by Crippen LogP contribution is 2.34. The van der Waals surface area contributed by atoms with Crippen LogP contribution in [0.4, 0.5) is 0 Å². The van der Waals surface area contributed by atoms with Crippen molar-refractivity contribution in [3.8, 4) is 0 Å². The predicted molar refractivity (Wildman–Crippen MR) is 75.2 cm³/mol. The minimum absolute atomic E-state index is 0.118. The number of rotatable bonds is 3. The third-order valence-corrected chi connectivity index (χ3v) is 3.95. The Morgan fingerprint density at radius 3 is 2.75 bits per heavy atom. The van der Waals surface area contributed by atoms with Gasteiger partial charge in [0.05, 0.1) is 5.56 Å². The van der Waals surface area contributed by atoms with Gasteiger partial charge in [0.2, 0.25) is 0 Å². The van der Waals surface area contributed by atoms with Crippen LogP contribution in [0.3, 0.4) is 0 Å². The Hall–Kier alpha value is -2.16. The molecule has 0 N–H and O–H groups in total. The van der Waals surface area contributed by atoms with Gasteiger partial charge in [0.25, 0.3) is 0 Å². The van der Waals surface area contributed by atoms with Gasteiger partial charge in [-0.25, -0.2) is 4.79 Å². The van der Waals surface area contributed by atoms with Gasteiger partial charge in [-0.1, -0.05) is 49.4 Å². The van der Waals surface area contributed by atoms with Crippen molar-refractivity contribution < 1.29 is 14.3 Å². The van der Waals surface area contributed by atoms with E-state index in [1.807, 2.05) is 43.4 Å². The third kappa shape index (κ3) is 2.20. The molecule has 0 spiro atoms. The highest BCUT2D eigenvalue weighted by Gasteiger charge is 2.34. The number of hydrogen-bond acceptors (Lipinski definition) is 3. The average molecular weight is 268 g/mol. The topological polar surface area (TPSA) is 43.4 Å². The lowest BCUT2D eigenvalue weighted by atomic mass is 9.84. The molecule has 2 aliphatic rings. The van der Waals surface area contributed by atoms with Crippen LogP contribution in [-0.4, -0.2) is 11.8 Å². The molecule has 0 saturated heterocycles. The predicted octanol–water partition coefficient (Wildman–Crippen LogP) is 3.24. The Kier molecular flexibility index (Phi) is 3.26. The molecule has 1 aromatic rings. The van der Waals surface area contributed by atoms with Crippen LogP contribution >= 0.6 is 0 Å². The Labute approximate surface area is 117 Å². The lowest BCUT2D eigenvalue weighted by molar-refractivity contribution is -0.124. The number of carbonyl (C=O) groups excluding carboxylic acids is 2. The Morgan fingerprint density at radius 2 is 1.95 bits per heavy atom. The van der Waals surface area contributed by atoms with E-state index in [9.17, 15) is 9.59 Å². The number of esters is 1. The van der Waals surface area contributed by atoms with Gasteiger partial charge in [-0.15, -0.1) is 0 Å². The molecular formula is C17H16O3. The van der Waals surface area contributed by atoms with Crippen molar-refractivity contribution in [2.45, 2.75) is 19.4 Å². The molecule has 3 nitrogen and oxygen atoms in total. The quantitative estimate of drug-likeness (QED) is 0.790. The molecule has 1 aromatic carbocycles. The average Bonchev–Trinajstić information content (AvgIpc) is 2.76. The van der Waals surface area contributed by atoms with E-state index < -0.39 is 6.10 Å². The van der Waals surface area contributed by atoms with E-state index in [1.165, 1.54) is 0 Å². The van der Waals surface area contributed by atoms with E-state index in [0.29, 0.717) is 5.56 Å². The molecule has 0 bridgehead atoms. The van der Waals surface area contributed by atoms with E-state index in [0.717, 1.165) is 5.56 Å². The molecule has 3 rings (SSSR count). The summed E-state index contributed by atoms with van der Waals surface area (Å²) in [6.45, 7) is 2.02. The van der Waals surface area contributed by atoms with Gasteiger partial charge in [0, 0.05) is 17.9 Å². The van der Waals surface area contributed by atoms with E-state index >= 15 is 0 Å². The summed E-state index contributed by atoms with van der Waals surface area (Å²) in [6.07, 6.45) is 7.62. The first-order valence-electron chi connectivity index (χ1n) is 6.84. The fraction of sp³-hybridized carbons (Fsp3) is 0.294. The molecule has 20 heavy (non-hydrogen) atoms. The molecule has 0 aromatic heterocycles. The molecule has 1 heterocycles. The Bertz CT molecular complexity index is 612. The lowest BCUT2D eigenvalue weighted by Crippen LogP contribution is -2.22. The molecule has 0 amide bonds. The largest absolute Gasteiger partial charge is 0.453 e. The van der Waals surface area contributed by atoms with Crippen LogP contribution < -0.4 is 0 Å². The molecule has 3 atom stereocenters. The summed E-state index contributed by atoms with van der Waals surface area (Å²) in [4.78, 5) is 24.1. The van der Waals surface area contributed by atoms with Crippen LogP contribution in [-0.2, 0) is 9.53 Å². The lowest BCUT2D eigenvalue weighted by Gasteiger charge is -2.20. The zero-order valence-corrected chi connectivity index (χ0v) is 11.3. The zero-order valence-electron chi connectivity index (χ0n) is 11.3. The number of ketones is 1. The molecule has 3 unspecified atom stereocenters. The number of allylic oxidation sites excluding steroid dienone is 4. The number of Topliss-reactive ketones (excluding diaryl/α,β-unsaturated/α-hetero) is 1. The Morgan fingerprint density at radius 1 is 1.20 bits per heavy atom. The molecular weight excluding hydrogens is 252 g/mol. The van der Waals surface area contributed by atoms with Gasteiger partial charge in [-0.3, -0.25) is 4.79 Å². The molecule has 0 radical (unpaired) electrons. The number of ether oxygens (including phenoxy) is 1. The maximum Gasteiger partial charge on any atom is 0.339 e. The van der Waals surface area contributed by atoms with Crippen molar-refractivity contribution in [2.24, 2.45) is 11.8 Å². The number of carbonyl (C=O) groups is 2. The minimum Gasteiger partial charge on any atom is -0.453 e. The van der Waals surface area contributed by atoms with Crippen LogP contribution in [0, 0.1) is 11.8 Å². The van der Waals surface area contributed by atoms with Gasteiger partial charge in [0.15, 0.2) is 0 Å². The summed E-state index contributed by atoms with van der Waals surface area (Å²) in [5, 5.41) is 0. The summed E-state index contributed by atoms with van der Waals surface area (Å²) in [7, 11) is 0. The zero-order chi connectivity index (χ0) is 14.1. The summed E-state index contributed by atoms with van der Waals surface area (Å²) in [5.74, 6) is -0.135. The number of hydrogen-bond donors (Lipinski definition) is 0. The van der Waals surface area contributed by atoms with Crippen molar-refractivity contribution in [1.82, 2.24) is 0 Å². The first-order valence-corrected chi connectivity index (χ1v) is 6.84. The summed E-state index contributed by atoms with van der Waals surface area (Å²) in [5.41, 5.74) is 1.41. The van der Waals surface area contributed by atoms with Crippen molar-refractivity contribution in [3.05, 3.63) is 59.7 Å². The van der Waals surface area contributed by atoms with Gasteiger partial charge >= 0.3 is 5.97 Å². The molecule has 1 aliphatic heterocycles. The van der Waals surface area contributed by atoms with Gasteiger partial charge in [-0.2, -0.15) is 0 Å². The maximum absolute atomic E-state index is 12.4. The first-order chi connectivity index (χ1) is 9.66. The fourth-order valence-corrected chi connectivity index (χ4v) is 2.81. The monoisotopic (exact) mass is 268 g/mol. The number of fused-ring (bicyclic) bond motifs is 1. The Balaban J connectivity index is 1.76. The van der Waals surface area contributed by atoms with Gasteiger partial charge < -0.3 is 4.74 Å². The van der Waals surface area contributed by atoms with Crippen LogP contribution in [0.25, 0.3) is 0 Å². The van der Waals surface area contributed by atoms with Crippen LogP contribution in [0.2, 0.25) is 0 Å². The van der Waals surface area contributed by atoms with Crippen molar-refractivity contribution >= 4 is 11.8 Å².